The number of thiazole rings is 1. The molecule has 0 saturated carbocycles. The SMILES string of the molecule is CC(C#N)C(=O)Nc1nc(C(C)C)cs1. The fourth-order valence-corrected chi connectivity index (χ4v) is 1.76. The summed E-state index contributed by atoms with van der Waals surface area (Å²) in [5.74, 6) is -0.598. The maximum absolute atomic E-state index is 11.4. The second-order valence-corrected chi connectivity index (χ2v) is 4.43. The van der Waals surface area contributed by atoms with Gasteiger partial charge in [0.1, 0.15) is 5.92 Å². The van der Waals surface area contributed by atoms with Crippen molar-refractivity contribution in [2.45, 2.75) is 26.7 Å². The van der Waals surface area contributed by atoms with Gasteiger partial charge in [-0.05, 0) is 12.8 Å². The first kappa shape index (κ1) is 11.7. The average molecular weight is 223 g/mol. The zero-order chi connectivity index (χ0) is 11.4. The molecular formula is C10H13N3OS. The van der Waals surface area contributed by atoms with Crippen molar-refractivity contribution in [1.29, 1.82) is 5.26 Å². The Hall–Kier alpha value is -1.41. The van der Waals surface area contributed by atoms with E-state index in [1.165, 1.54) is 11.3 Å². The van der Waals surface area contributed by atoms with E-state index in [2.05, 4.69) is 10.3 Å². The van der Waals surface area contributed by atoms with Crippen LogP contribution in [0.5, 0.6) is 0 Å². The molecule has 0 fully saturated rings. The number of hydrogen-bond donors (Lipinski definition) is 1. The van der Waals surface area contributed by atoms with Crippen LogP contribution in [0.2, 0.25) is 0 Å². The van der Waals surface area contributed by atoms with Crippen LogP contribution < -0.4 is 5.32 Å². The Morgan fingerprint density at radius 1 is 1.60 bits per heavy atom. The molecule has 1 aromatic rings. The van der Waals surface area contributed by atoms with Gasteiger partial charge in [0.25, 0.3) is 0 Å². The number of hydrogen-bond acceptors (Lipinski definition) is 4. The molecule has 80 valence electrons. The van der Waals surface area contributed by atoms with E-state index in [1.807, 2.05) is 25.3 Å². The van der Waals surface area contributed by atoms with E-state index < -0.39 is 5.92 Å². The molecule has 1 N–H and O–H groups in total. The number of rotatable bonds is 3. The quantitative estimate of drug-likeness (QED) is 0.855. The van der Waals surface area contributed by atoms with Gasteiger partial charge in [-0.25, -0.2) is 4.98 Å². The number of nitrogens with zero attached hydrogens (tertiary/aromatic N) is 2. The highest BCUT2D eigenvalue weighted by molar-refractivity contribution is 7.13. The first-order chi connectivity index (χ1) is 7.04. The zero-order valence-corrected chi connectivity index (χ0v) is 9.76. The molecule has 0 saturated heterocycles. The lowest BCUT2D eigenvalue weighted by Gasteiger charge is -2.02. The molecule has 1 aromatic heterocycles. The molecule has 0 aliphatic heterocycles. The van der Waals surface area contributed by atoms with Gasteiger partial charge in [-0.1, -0.05) is 13.8 Å². The predicted octanol–water partition coefficient (Wildman–Crippen LogP) is 2.36. The summed E-state index contributed by atoms with van der Waals surface area (Å²) in [5, 5.41) is 13.6. The van der Waals surface area contributed by atoms with Crippen molar-refractivity contribution in [3.63, 3.8) is 0 Å². The minimum atomic E-state index is -0.642. The van der Waals surface area contributed by atoms with Crippen LogP contribution in [-0.2, 0) is 4.79 Å². The molecule has 0 aliphatic rings. The maximum atomic E-state index is 11.4. The summed E-state index contributed by atoms with van der Waals surface area (Å²) in [6.45, 7) is 5.64. The summed E-state index contributed by atoms with van der Waals surface area (Å²) < 4.78 is 0. The number of carbonyl (C=O) groups is 1. The van der Waals surface area contributed by atoms with Crippen molar-refractivity contribution in [3.8, 4) is 6.07 Å². The number of carbonyl (C=O) groups excluding carboxylic acids is 1. The highest BCUT2D eigenvalue weighted by Gasteiger charge is 2.14. The van der Waals surface area contributed by atoms with Crippen molar-refractivity contribution in [3.05, 3.63) is 11.1 Å². The normalized spacial score (nSPS) is 12.2. The average Bonchev–Trinajstić information content (AvgIpc) is 2.65. The lowest BCUT2D eigenvalue weighted by molar-refractivity contribution is -0.117. The minimum absolute atomic E-state index is 0.304. The number of anilines is 1. The highest BCUT2D eigenvalue weighted by Crippen LogP contribution is 2.21. The van der Waals surface area contributed by atoms with Crippen molar-refractivity contribution in [2.75, 3.05) is 5.32 Å². The first-order valence-corrected chi connectivity index (χ1v) is 5.58. The van der Waals surface area contributed by atoms with E-state index in [-0.39, 0.29) is 5.91 Å². The second-order valence-electron chi connectivity index (χ2n) is 3.57. The van der Waals surface area contributed by atoms with Crippen molar-refractivity contribution >= 4 is 22.4 Å². The van der Waals surface area contributed by atoms with Crippen LogP contribution in [0.4, 0.5) is 5.13 Å². The third-order valence-corrected chi connectivity index (χ3v) is 2.71. The van der Waals surface area contributed by atoms with Crippen LogP contribution in [0.3, 0.4) is 0 Å². The number of nitriles is 1. The number of nitrogens with one attached hydrogen (secondary N) is 1. The first-order valence-electron chi connectivity index (χ1n) is 4.70. The van der Waals surface area contributed by atoms with E-state index in [9.17, 15) is 4.79 Å². The zero-order valence-electron chi connectivity index (χ0n) is 8.94. The molecule has 1 heterocycles. The largest absolute Gasteiger partial charge is 0.301 e. The van der Waals surface area contributed by atoms with Crippen molar-refractivity contribution in [2.24, 2.45) is 5.92 Å². The molecule has 0 radical (unpaired) electrons. The number of amides is 1. The Kier molecular flexibility index (Phi) is 3.81. The molecule has 0 aliphatic carbocycles. The van der Waals surface area contributed by atoms with Crippen LogP contribution >= 0.6 is 11.3 Å². The summed E-state index contributed by atoms with van der Waals surface area (Å²) in [7, 11) is 0. The summed E-state index contributed by atoms with van der Waals surface area (Å²) >= 11 is 1.38. The van der Waals surface area contributed by atoms with E-state index in [1.54, 1.807) is 6.92 Å². The van der Waals surface area contributed by atoms with Gasteiger partial charge in [0.05, 0.1) is 11.8 Å². The lowest BCUT2D eigenvalue weighted by Crippen LogP contribution is -2.18. The Morgan fingerprint density at radius 3 is 2.73 bits per heavy atom. The van der Waals surface area contributed by atoms with E-state index in [0.29, 0.717) is 11.0 Å². The molecule has 1 rings (SSSR count). The predicted molar refractivity (Wildman–Crippen MR) is 59.6 cm³/mol. The molecular weight excluding hydrogens is 210 g/mol. The third kappa shape index (κ3) is 3.03. The molecule has 0 bridgehead atoms. The van der Waals surface area contributed by atoms with Crippen molar-refractivity contribution < 1.29 is 4.79 Å². The Balaban J connectivity index is 2.66. The molecule has 0 spiro atoms. The standard InChI is InChI=1S/C10H13N3OS/c1-6(2)8-5-15-10(12-8)13-9(14)7(3)4-11/h5-7H,1-3H3,(H,12,13,14). The van der Waals surface area contributed by atoms with E-state index >= 15 is 0 Å². The van der Waals surface area contributed by atoms with E-state index in [4.69, 9.17) is 5.26 Å². The molecule has 0 aromatic carbocycles. The monoisotopic (exact) mass is 223 g/mol. The molecule has 1 amide bonds. The second kappa shape index (κ2) is 4.89. The summed E-state index contributed by atoms with van der Waals surface area (Å²) in [5.41, 5.74) is 0.958. The van der Waals surface area contributed by atoms with Gasteiger partial charge in [-0.2, -0.15) is 5.26 Å². The van der Waals surface area contributed by atoms with Gasteiger partial charge < -0.3 is 5.32 Å². The minimum Gasteiger partial charge on any atom is -0.301 e. The molecule has 1 atom stereocenters. The van der Waals surface area contributed by atoms with Crippen LogP contribution in [0.1, 0.15) is 32.4 Å². The smallest absolute Gasteiger partial charge is 0.243 e. The fourth-order valence-electron chi connectivity index (χ4n) is 0.881. The van der Waals surface area contributed by atoms with E-state index in [0.717, 1.165) is 5.69 Å². The third-order valence-electron chi connectivity index (χ3n) is 1.93. The summed E-state index contributed by atoms with van der Waals surface area (Å²) in [6, 6.07) is 1.88. The summed E-state index contributed by atoms with van der Waals surface area (Å²) in [4.78, 5) is 15.6. The van der Waals surface area contributed by atoms with Crippen LogP contribution in [0.25, 0.3) is 0 Å². The molecule has 15 heavy (non-hydrogen) atoms. The fraction of sp³-hybridized carbons (Fsp3) is 0.500. The Bertz CT molecular complexity index is 392. The van der Waals surface area contributed by atoms with Crippen LogP contribution in [0.15, 0.2) is 5.38 Å². The molecule has 5 heteroatoms. The van der Waals surface area contributed by atoms with Gasteiger partial charge in [0, 0.05) is 5.38 Å². The molecule has 4 nitrogen and oxygen atoms in total. The van der Waals surface area contributed by atoms with Gasteiger partial charge >= 0.3 is 0 Å². The van der Waals surface area contributed by atoms with Crippen LogP contribution in [-0.4, -0.2) is 10.9 Å². The van der Waals surface area contributed by atoms with Gasteiger partial charge in [0.2, 0.25) is 5.91 Å². The molecule has 1 unspecified atom stereocenters. The Morgan fingerprint density at radius 2 is 2.27 bits per heavy atom. The topological polar surface area (TPSA) is 65.8 Å². The summed E-state index contributed by atoms with van der Waals surface area (Å²) in [6.07, 6.45) is 0. The van der Waals surface area contributed by atoms with Crippen molar-refractivity contribution in [1.82, 2.24) is 4.98 Å². The highest BCUT2D eigenvalue weighted by atomic mass is 32.1. The van der Waals surface area contributed by atoms with Crippen LogP contribution in [0, 0.1) is 17.2 Å². The lowest BCUT2D eigenvalue weighted by atomic mass is 10.2. The Labute approximate surface area is 92.9 Å². The number of aromatic nitrogens is 1. The van der Waals surface area contributed by atoms with Gasteiger partial charge in [-0.15, -0.1) is 11.3 Å². The van der Waals surface area contributed by atoms with Gasteiger partial charge in [-0.3, -0.25) is 4.79 Å². The van der Waals surface area contributed by atoms with Gasteiger partial charge in [0.15, 0.2) is 5.13 Å². The maximum Gasteiger partial charge on any atom is 0.243 e.